The van der Waals surface area contributed by atoms with Gasteiger partial charge in [-0.15, -0.1) is 0 Å². The van der Waals surface area contributed by atoms with E-state index in [0.717, 1.165) is 44.8 Å². The Bertz CT molecular complexity index is 1520. The lowest BCUT2D eigenvalue weighted by Crippen LogP contribution is -2.41. The maximum absolute atomic E-state index is 13.5. The number of aliphatic carboxylic acids is 1. The topological polar surface area (TPSA) is 78.9 Å². The molecular weight excluding hydrogens is 544 g/mol. The minimum absolute atomic E-state index is 0.357. The van der Waals surface area contributed by atoms with Crippen LogP contribution < -0.4 is 15.0 Å². The molecule has 1 atom stereocenters. The summed E-state index contributed by atoms with van der Waals surface area (Å²) in [5.41, 5.74) is 7.59. The molecule has 1 amide bonds. The maximum atomic E-state index is 13.5. The Hall–Kier alpha value is -4.23. The molecule has 0 saturated heterocycles. The molecule has 0 fully saturated rings. The standard InChI is InChI=1S/C35H38N2O4S/c1-24-18-27(20-29(19-24)41-3)23-37(28-11-6-5-7-12-28)22-26-14-15-31(32(21-26)30-13-9-8-10-25(30)2)34(38)36-33(35(39)40)16-17-42-4/h5-15,18-21,33H,16-17,22-23H2,1-4H3,(H,36,38)(H,39,40)/t33-/m0/s1. The second-order valence-corrected chi connectivity index (χ2v) is 11.4. The Morgan fingerprint density at radius 3 is 2.29 bits per heavy atom. The Morgan fingerprint density at radius 1 is 0.881 bits per heavy atom. The van der Waals surface area contributed by atoms with E-state index < -0.39 is 12.0 Å². The first kappa shape index (κ1) is 30.7. The van der Waals surface area contributed by atoms with Crippen LogP contribution in [0.5, 0.6) is 5.75 Å². The molecule has 0 aliphatic carbocycles. The van der Waals surface area contributed by atoms with Crippen LogP contribution in [-0.2, 0) is 17.9 Å². The van der Waals surface area contributed by atoms with Crippen LogP contribution >= 0.6 is 11.8 Å². The number of benzene rings is 4. The highest BCUT2D eigenvalue weighted by Gasteiger charge is 2.23. The van der Waals surface area contributed by atoms with Crippen LogP contribution in [0, 0.1) is 13.8 Å². The summed E-state index contributed by atoms with van der Waals surface area (Å²) in [6, 6.07) is 29.3. The first-order valence-electron chi connectivity index (χ1n) is 13.9. The van der Waals surface area contributed by atoms with E-state index in [1.807, 2.05) is 73.8 Å². The zero-order valence-corrected chi connectivity index (χ0v) is 25.4. The summed E-state index contributed by atoms with van der Waals surface area (Å²) in [5.74, 6) is 0.0495. The number of nitrogens with zero attached hydrogens (tertiary/aromatic N) is 1. The van der Waals surface area contributed by atoms with Gasteiger partial charge >= 0.3 is 5.97 Å². The van der Waals surface area contributed by atoms with Crippen LogP contribution in [0.2, 0.25) is 0 Å². The summed E-state index contributed by atoms with van der Waals surface area (Å²) in [4.78, 5) is 27.7. The number of amides is 1. The number of para-hydroxylation sites is 1. The van der Waals surface area contributed by atoms with E-state index in [4.69, 9.17) is 4.74 Å². The predicted octanol–water partition coefficient (Wildman–Crippen LogP) is 7.12. The Labute approximate surface area is 252 Å². The minimum Gasteiger partial charge on any atom is -0.497 e. The van der Waals surface area contributed by atoms with Gasteiger partial charge in [-0.05, 0) is 102 Å². The number of carboxylic acid groups (broad SMARTS) is 1. The molecule has 0 spiro atoms. The number of hydrogen-bond acceptors (Lipinski definition) is 5. The summed E-state index contributed by atoms with van der Waals surface area (Å²) in [5, 5.41) is 12.5. The van der Waals surface area contributed by atoms with Crippen molar-refractivity contribution in [3.05, 3.63) is 119 Å². The van der Waals surface area contributed by atoms with Gasteiger partial charge in [0, 0.05) is 24.3 Å². The van der Waals surface area contributed by atoms with Crippen molar-refractivity contribution in [2.45, 2.75) is 39.4 Å². The number of carbonyl (C=O) groups is 2. The van der Waals surface area contributed by atoms with E-state index in [1.165, 1.54) is 0 Å². The number of ether oxygens (including phenoxy) is 1. The van der Waals surface area contributed by atoms with Crippen molar-refractivity contribution in [2.75, 3.05) is 24.0 Å². The van der Waals surface area contributed by atoms with Gasteiger partial charge in [-0.3, -0.25) is 4.79 Å². The fourth-order valence-electron chi connectivity index (χ4n) is 5.07. The second-order valence-electron chi connectivity index (χ2n) is 10.4. The summed E-state index contributed by atoms with van der Waals surface area (Å²) in [6.07, 6.45) is 2.28. The molecule has 42 heavy (non-hydrogen) atoms. The minimum atomic E-state index is -1.03. The van der Waals surface area contributed by atoms with Crippen LogP contribution in [0.15, 0.2) is 91.0 Å². The molecule has 2 N–H and O–H groups in total. The molecule has 4 rings (SSSR count). The molecule has 4 aromatic carbocycles. The summed E-state index contributed by atoms with van der Waals surface area (Å²) in [6.45, 7) is 5.35. The van der Waals surface area contributed by atoms with E-state index >= 15 is 0 Å². The van der Waals surface area contributed by atoms with Crippen molar-refractivity contribution < 1.29 is 19.4 Å². The van der Waals surface area contributed by atoms with Gasteiger partial charge in [0.25, 0.3) is 5.91 Å². The molecular formula is C35H38N2O4S. The molecule has 0 bridgehead atoms. The van der Waals surface area contributed by atoms with Crippen LogP contribution in [0.4, 0.5) is 5.69 Å². The van der Waals surface area contributed by atoms with Crippen molar-refractivity contribution in [1.82, 2.24) is 5.32 Å². The van der Waals surface area contributed by atoms with E-state index in [2.05, 4.69) is 47.5 Å². The monoisotopic (exact) mass is 582 g/mol. The third kappa shape index (κ3) is 7.95. The lowest BCUT2D eigenvalue weighted by Gasteiger charge is -2.26. The summed E-state index contributed by atoms with van der Waals surface area (Å²) >= 11 is 1.55. The number of rotatable bonds is 13. The first-order chi connectivity index (χ1) is 20.3. The van der Waals surface area contributed by atoms with Gasteiger partial charge in [0.1, 0.15) is 11.8 Å². The number of hydrogen-bond donors (Lipinski definition) is 2. The van der Waals surface area contributed by atoms with E-state index in [9.17, 15) is 14.7 Å². The largest absolute Gasteiger partial charge is 0.497 e. The van der Waals surface area contributed by atoms with Crippen molar-refractivity contribution >= 4 is 29.3 Å². The zero-order chi connectivity index (χ0) is 30.1. The molecule has 0 aliphatic heterocycles. The van der Waals surface area contributed by atoms with E-state index in [0.29, 0.717) is 30.8 Å². The van der Waals surface area contributed by atoms with Gasteiger partial charge in [-0.2, -0.15) is 11.8 Å². The normalized spacial score (nSPS) is 11.5. The van der Waals surface area contributed by atoms with Crippen molar-refractivity contribution in [3.63, 3.8) is 0 Å². The number of carbonyl (C=O) groups excluding carboxylic acids is 1. The quantitative estimate of drug-likeness (QED) is 0.175. The number of aryl methyl sites for hydroxylation is 2. The lowest BCUT2D eigenvalue weighted by molar-refractivity contribution is -0.139. The average molecular weight is 583 g/mol. The summed E-state index contributed by atoms with van der Waals surface area (Å²) < 4.78 is 5.52. The van der Waals surface area contributed by atoms with Gasteiger partial charge in [0.05, 0.1) is 7.11 Å². The predicted molar refractivity (Wildman–Crippen MR) is 173 cm³/mol. The van der Waals surface area contributed by atoms with Gasteiger partial charge < -0.3 is 20.1 Å². The van der Waals surface area contributed by atoms with Crippen LogP contribution in [0.3, 0.4) is 0 Å². The number of methoxy groups -OCH3 is 1. The fraction of sp³-hybridized carbons (Fsp3) is 0.257. The average Bonchev–Trinajstić information content (AvgIpc) is 2.99. The smallest absolute Gasteiger partial charge is 0.326 e. The number of thioether (sulfide) groups is 1. The fourth-order valence-corrected chi connectivity index (χ4v) is 5.54. The molecule has 0 aromatic heterocycles. The number of anilines is 1. The third-order valence-corrected chi connectivity index (χ3v) is 7.84. The van der Waals surface area contributed by atoms with Crippen LogP contribution in [0.25, 0.3) is 11.1 Å². The third-order valence-electron chi connectivity index (χ3n) is 7.19. The highest BCUT2D eigenvalue weighted by Crippen LogP contribution is 2.30. The van der Waals surface area contributed by atoms with Gasteiger partial charge in [0.2, 0.25) is 0 Å². The lowest BCUT2D eigenvalue weighted by atomic mass is 9.93. The molecule has 0 radical (unpaired) electrons. The van der Waals surface area contributed by atoms with Crippen LogP contribution in [-0.4, -0.2) is 42.1 Å². The molecule has 7 heteroatoms. The molecule has 4 aromatic rings. The molecule has 0 heterocycles. The van der Waals surface area contributed by atoms with Crippen LogP contribution in [0.1, 0.15) is 39.0 Å². The number of carboxylic acids is 1. The van der Waals surface area contributed by atoms with E-state index in [1.54, 1.807) is 18.9 Å². The molecule has 6 nitrogen and oxygen atoms in total. The Kier molecular flexibility index (Phi) is 10.7. The first-order valence-corrected chi connectivity index (χ1v) is 15.3. The molecule has 218 valence electrons. The van der Waals surface area contributed by atoms with Crippen molar-refractivity contribution in [2.24, 2.45) is 0 Å². The Morgan fingerprint density at radius 2 is 1.60 bits per heavy atom. The molecule has 0 unspecified atom stereocenters. The molecule has 0 saturated carbocycles. The Balaban J connectivity index is 1.72. The molecule has 0 aliphatic rings. The second kappa shape index (κ2) is 14.6. The number of nitrogens with one attached hydrogen (secondary N) is 1. The van der Waals surface area contributed by atoms with Crippen molar-refractivity contribution in [3.8, 4) is 16.9 Å². The maximum Gasteiger partial charge on any atom is 0.326 e. The van der Waals surface area contributed by atoms with Gasteiger partial charge in [-0.1, -0.05) is 54.6 Å². The zero-order valence-electron chi connectivity index (χ0n) is 24.6. The SMILES string of the molecule is COc1cc(C)cc(CN(Cc2ccc(C(=O)N[C@@H](CCSC)C(=O)O)c(-c3ccccc3C)c2)c2ccccc2)c1. The highest BCUT2D eigenvalue weighted by molar-refractivity contribution is 7.98. The van der Waals surface area contributed by atoms with E-state index in [-0.39, 0.29) is 5.91 Å². The van der Waals surface area contributed by atoms with Gasteiger partial charge in [0.15, 0.2) is 0 Å². The van der Waals surface area contributed by atoms with Gasteiger partial charge in [-0.25, -0.2) is 4.79 Å². The summed E-state index contributed by atoms with van der Waals surface area (Å²) in [7, 11) is 1.68. The van der Waals surface area contributed by atoms with Crippen molar-refractivity contribution in [1.29, 1.82) is 0 Å². The highest BCUT2D eigenvalue weighted by atomic mass is 32.2.